The molecule has 10 atom stereocenters. The van der Waals surface area contributed by atoms with Gasteiger partial charge in [-0.05, 0) is 47.9 Å². The number of aromatic hydroxyl groups is 4. The SMILES string of the molecule is O=C(/C=C/c1ccc(O)c(O)c1)O[C@H]1[C@H](O[C@H]2O[C@H](CO)[C@@H](O)[C@H](O)[C@H]2O)[C@@H](O)[C@H](OCCc2ccc(O)c(O)c2)O[C@@H]1CO. The van der Waals surface area contributed by atoms with E-state index in [1.807, 2.05) is 0 Å². The average molecular weight is 641 g/mol. The molecule has 16 heteroatoms. The van der Waals surface area contributed by atoms with E-state index in [0.717, 1.165) is 6.08 Å². The van der Waals surface area contributed by atoms with E-state index in [1.165, 1.54) is 42.5 Å². The fourth-order valence-electron chi connectivity index (χ4n) is 4.81. The fraction of sp³-hybridized carbons (Fsp3) is 0.483. The minimum atomic E-state index is -1.88. The van der Waals surface area contributed by atoms with Crippen molar-refractivity contribution in [2.75, 3.05) is 19.8 Å². The summed E-state index contributed by atoms with van der Waals surface area (Å²) in [5, 5.41) is 100. The molecule has 2 aromatic carbocycles. The minimum Gasteiger partial charge on any atom is -0.504 e. The van der Waals surface area contributed by atoms with Gasteiger partial charge in [0, 0.05) is 6.08 Å². The van der Waals surface area contributed by atoms with Crippen molar-refractivity contribution in [3.05, 3.63) is 53.6 Å². The Morgan fingerprint density at radius 3 is 2.02 bits per heavy atom. The molecule has 2 heterocycles. The standard InChI is InChI=1S/C29H36O16/c30-11-19-22(37)23(38)24(39)29(42-19)45-27-25(40)28(41-8-7-14-2-5-16(33)18(35)10-14)43-20(12-31)26(27)44-21(36)6-3-13-1-4-15(32)17(34)9-13/h1-6,9-10,19-20,22-35,37-40H,7-8,11-12H2/b6-3+/t19-,20-,22-,23+,24-,25-,26-,27-,28-,29-/m1/s1. The van der Waals surface area contributed by atoms with Crippen LogP contribution in [0.1, 0.15) is 11.1 Å². The lowest BCUT2D eigenvalue weighted by Gasteiger charge is -2.46. The number of phenols is 4. The van der Waals surface area contributed by atoms with E-state index in [9.17, 15) is 55.9 Å². The third-order valence-electron chi connectivity index (χ3n) is 7.31. The largest absolute Gasteiger partial charge is 0.504 e. The molecule has 16 nitrogen and oxygen atoms in total. The lowest BCUT2D eigenvalue weighted by Crippen LogP contribution is -2.65. The Hall–Kier alpha value is -3.55. The second kappa shape index (κ2) is 15.2. The second-order valence-corrected chi connectivity index (χ2v) is 10.4. The van der Waals surface area contributed by atoms with Gasteiger partial charge < -0.3 is 74.7 Å². The Kier molecular flexibility index (Phi) is 11.6. The first-order valence-corrected chi connectivity index (χ1v) is 13.9. The molecule has 2 aliphatic heterocycles. The van der Waals surface area contributed by atoms with Crippen LogP contribution in [-0.2, 0) is 34.9 Å². The van der Waals surface area contributed by atoms with Gasteiger partial charge in [0.15, 0.2) is 41.7 Å². The van der Waals surface area contributed by atoms with Crippen LogP contribution in [0.2, 0.25) is 0 Å². The predicted octanol–water partition coefficient (Wildman–Crippen LogP) is -2.04. The smallest absolute Gasteiger partial charge is 0.331 e. The Bertz CT molecular complexity index is 1320. The van der Waals surface area contributed by atoms with E-state index >= 15 is 0 Å². The molecule has 0 aromatic heterocycles. The molecule has 2 saturated heterocycles. The molecule has 4 rings (SSSR count). The number of aliphatic hydroxyl groups excluding tert-OH is 6. The summed E-state index contributed by atoms with van der Waals surface area (Å²) in [5.41, 5.74) is 0.870. The maximum Gasteiger partial charge on any atom is 0.331 e. The van der Waals surface area contributed by atoms with E-state index in [4.69, 9.17) is 23.7 Å². The molecule has 0 radical (unpaired) electrons. The molecule has 2 aliphatic rings. The zero-order chi connectivity index (χ0) is 32.8. The molecule has 10 N–H and O–H groups in total. The summed E-state index contributed by atoms with van der Waals surface area (Å²) in [6.07, 6.45) is -14.0. The van der Waals surface area contributed by atoms with E-state index in [1.54, 1.807) is 0 Å². The number of esters is 1. The quantitative estimate of drug-likeness (QED) is 0.0720. The lowest BCUT2D eigenvalue weighted by atomic mass is 9.96. The summed E-state index contributed by atoms with van der Waals surface area (Å²) in [6.45, 7) is -1.65. The normalized spacial score (nSPS) is 32.0. The second-order valence-electron chi connectivity index (χ2n) is 10.4. The van der Waals surface area contributed by atoms with Crippen LogP contribution in [0.3, 0.4) is 0 Å². The molecule has 0 amide bonds. The number of ether oxygens (including phenoxy) is 5. The molecular formula is C29H36O16. The maximum atomic E-state index is 12.8. The van der Waals surface area contributed by atoms with Crippen molar-refractivity contribution in [3.8, 4) is 23.0 Å². The van der Waals surface area contributed by atoms with Gasteiger partial charge in [0.1, 0.15) is 42.7 Å². The van der Waals surface area contributed by atoms with Crippen LogP contribution in [0.4, 0.5) is 0 Å². The third-order valence-corrected chi connectivity index (χ3v) is 7.31. The van der Waals surface area contributed by atoms with E-state index in [0.29, 0.717) is 11.1 Å². The Morgan fingerprint density at radius 2 is 1.38 bits per heavy atom. The highest BCUT2D eigenvalue weighted by Crippen LogP contribution is 2.32. The first-order valence-electron chi connectivity index (χ1n) is 13.9. The van der Waals surface area contributed by atoms with Gasteiger partial charge in [-0.15, -0.1) is 0 Å². The van der Waals surface area contributed by atoms with Crippen LogP contribution in [0.5, 0.6) is 23.0 Å². The predicted molar refractivity (Wildman–Crippen MR) is 149 cm³/mol. The van der Waals surface area contributed by atoms with Crippen LogP contribution in [-0.4, -0.2) is 138 Å². The monoisotopic (exact) mass is 640 g/mol. The summed E-state index contributed by atoms with van der Waals surface area (Å²) in [7, 11) is 0. The van der Waals surface area contributed by atoms with Gasteiger partial charge in [-0.25, -0.2) is 4.79 Å². The molecular weight excluding hydrogens is 604 g/mol. The molecule has 45 heavy (non-hydrogen) atoms. The first-order chi connectivity index (χ1) is 21.4. The van der Waals surface area contributed by atoms with Crippen molar-refractivity contribution in [1.29, 1.82) is 0 Å². The van der Waals surface area contributed by atoms with Gasteiger partial charge >= 0.3 is 5.97 Å². The van der Waals surface area contributed by atoms with Crippen LogP contribution in [0.25, 0.3) is 6.08 Å². The molecule has 2 aromatic rings. The summed E-state index contributed by atoms with van der Waals surface area (Å²) in [4.78, 5) is 12.8. The number of carbonyl (C=O) groups is 1. The van der Waals surface area contributed by atoms with Crippen LogP contribution >= 0.6 is 0 Å². The highest BCUT2D eigenvalue weighted by atomic mass is 16.7. The molecule has 2 fully saturated rings. The summed E-state index contributed by atoms with van der Waals surface area (Å²) >= 11 is 0. The summed E-state index contributed by atoms with van der Waals surface area (Å²) in [5.74, 6) is -2.50. The molecule has 0 spiro atoms. The molecule has 0 aliphatic carbocycles. The number of carbonyl (C=O) groups excluding carboxylic acids is 1. The van der Waals surface area contributed by atoms with E-state index in [-0.39, 0.29) is 30.3 Å². The van der Waals surface area contributed by atoms with Crippen molar-refractivity contribution < 1.29 is 79.5 Å². The van der Waals surface area contributed by atoms with Crippen molar-refractivity contribution in [3.63, 3.8) is 0 Å². The Labute approximate surface area is 256 Å². The number of hydrogen-bond acceptors (Lipinski definition) is 16. The zero-order valence-electron chi connectivity index (χ0n) is 23.6. The van der Waals surface area contributed by atoms with Gasteiger partial charge in [0.05, 0.1) is 19.8 Å². The third kappa shape index (κ3) is 8.19. The number of hydrogen-bond donors (Lipinski definition) is 10. The molecule has 0 unspecified atom stereocenters. The molecule has 248 valence electrons. The van der Waals surface area contributed by atoms with Gasteiger partial charge in [-0.3, -0.25) is 0 Å². The van der Waals surface area contributed by atoms with Crippen molar-refractivity contribution in [2.24, 2.45) is 0 Å². The van der Waals surface area contributed by atoms with Crippen molar-refractivity contribution in [2.45, 2.75) is 67.8 Å². The van der Waals surface area contributed by atoms with Crippen molar-refractivity contribution in [1.82, 2.24) is 0 Å². The summed E-state index contributed by atoms with van der Waals surface area (Å²) in [6, 6.07) is 7.88. The topological polar surface area (TPSA) is 266 Å². The number of aliphatic hydroxyl groups is 6. The first kappa shape index (κ1) is 34.3. The van der Waals surface area contributed by atoms with Crippen LogP contribution in [0.15, 0.2) is 42.5 Å². The van der Waals surface area contributed by atoms with Crippen LogP contribution < -0.4 is 0 Å². The lowest BCUT2D eigenvalue weighted by molar-refractivity contribution is -0.360. The Balaban J connectivity index is 1.53. The molecule has 0 saturated carbocycles. The maximum absolute atomic E-state index is 12.8. The molecule has 0 bridgehead atoms. The fourth-order valence-corrected chi connectivity index (χ4v) is 4.81. The van der Waals surface area contributed by atoms with Gasteiger partial charge in [0.25, 0.3) is 0 Å². The van der Waals surface area contributed by atoms with Gasteiger partial charge in [-0.2, -0.15) is 0 Å². The number of phenolic OH excluding ortho intramolecular Hbond substituents is 4. The van der Waals surface area contributed by atoms with E-state index < -0.39 is 86.3 Å². The number of benzene rings is 2. The van der Waals surface area contributed by atoms with Crippen molar-refractivity contribution >= 4 is 12.0 Å². The van der Waals surface area contributed by atoms with E-state index in [2.05, 4.69) is 0 Å². The highest BCUT2D eigenvalue weighted by molar-refractivity contribution is 5.87. The average Bonchev–Trinajstić information content (AvgIpc) is 3.02. The number of rotatable bonds is 11. The van der Waals surface area contributed by atoms with Gasteiger partial charge in [-0.1, -0.05) is 12.1 Å². The van der Waals surface area contributed by atoms with Crippen LogP contribution in [0, 0.1) is 0 Å². The summed E-state index contributed by atoms with van der Waals surface area (Å²) < 4.78 is 28.0. The van der Waals surface area contributed by atoms with Gasteiger partial charge in [0.2, 0.25) is 0 Å². The minimum absolute atomic E-state index is 0.108. The zero-order valence-corrected chi connectivity index (χ0v) is 23.6. The highest BCUT2D eigenvalue weighted by Gasteiger charge is 2.52. The Morgan fingerprint density at radius 1 is 0.733 bits per heavy atom.